The molecule has 0 atom stereocenters. The van der Waals surface area contributed by atoms with Gasteiger partial charge in [0, 0.05) is 49.1 Å². The van der Waals surface area contributed by atoms with Gasteiger partial charge in [0.25, 0.3) is 0 Å². The summed E-state index contributed by atoms with van der Waals surface area (Å²) in [7, 11) is 0. The SMILES string of the molecule is CC(=O)N1CCN(c2ncnc3scc(-c4ccc(Cl)cc4)c23)CC1. The number of amides is 1. The minimum Gasteiger partial charge on any atom is -0.352 e. The summed E-state index contributed by atoms with van der Waals surface area (Å²) in [6.45, 7) is 4.63. The molecule has 0 saturated carbocycles. The van der Waals surface area contributed by atoms with Crippen molar-refractivity contribution in [1.82, 2.24) is 14.9 Å². The molecule has 3 aromatic rings. The number of thiophene rings is 1. The highest BCUT2D eigenvalue weighted by molar-refractivity contribution is 7.17. The van der Waals surface area contributed by atoms with E-state index in [2.05, 4.69) is 20.2 Å². The molecule has 3 heterocycles. The van der Waals surface area contributed by atoms with E-state index in [9.17, 15) is 4.79 Å². The van der Waals surface area contributed by atoms with Crippen molar-refractivity contribution in [2.75, 3.05) is 31.1 Å². The zero-order valence-corrected chi connectivity index (χ0v) is 15.3. The second-order valence-electron chi connectivity index (χ2n) is 6.03. The normalized spacial score (nSPS) is 15.0. The number of carbonyl (C=O) groups is 1. The van der Waals surface area contributed by atoms with Crippen molar-refractivity contribution in [2.24, 2.45) is 0 Å². The Bertz CT molecular complexity index is 916. The average molecular weight is 373 g/mol. The van der Waals surface area contributed by atoms with Gasteiger partial charge in [0.15, 0.2) is 0 Å². The molecule has 0 aliphatic carbocycles. The lowest BCUT2D eigenvalue weighted by molar-refractivity contribution is -0.129. The van der Waals surface area contributed by atoms with Gasteiger partial charge in [-0.25, -0.2) is 9.97 Å². The molecule has 0 unspecified atom stereocenters. The molecule has 2 aromatic heterocycles. The number of benzene rings is 1. The van der Waals surface area contributed by atoms with Gasteiger partial charge in [0.2, 0.25) is 5.91 Å². The summed E-state index contributed by atoms with van der Waals surface area (Å²) in [5, 5.41) is 3.92. The number of hydrogen-bond donors (Lipinski definition) is 0. The molecule has 0 bridgehead atoms. The third-order valence-electron chi connectivity index (χ3n) is 4.53. The number of fused-ring (bicyclic) bond motifs is 1. The van der Waals surface area contributed by atoms with Crippen molar-refractivity contribution in [1.29, 1.82) is 0 Å². The average Bonchev–Trinajstić information content (AvgIpc) is 3.07. The molecule has 1 saturated heterocycles. The molecular weight excluding hydrogens is 356 g/mol. The topological polar surface area (TPSA) is 49.3 Å². The third kappa shape index (κ3) is 3.07. The maximum atomic E-state index is 11.6. The van der Waals surface area contributed by atoms with E-state index in [1.165, 1.54) is 0 Å². The Hall–Kier alpha value is -2.18. The van der Waals surface area contributed by atoms with Gasteiger partial charge in [-0.2, -0.15) is 0 Å². The minimum atomic E-state index is 0.130. The van der Waals surface area contributed by atoms with Crippen LogP contribution in [0.25, 0.3) is 21.3 Å². The molecular formula is C18H17ClN4OS. The summed E-state index contributed by atoms with van der Waals surface area (Å²) < 4.78 is 0. The fourth-order valence-corrected chi connectivity index (χ4v) is 4.21. The van der Waals surface area contributed by atoms with Crippen molar-refractivity contribution in [3.63, 3.8) is 0 Å². The lowest BCUT2D eigenvalue weighted by atomic mass is 10.1. The molecule has 25 heavy (non-hydrogen) atoms. The Morgan fingerprint density at radius 3 is 2.52 bits per heavy atom. The van der Waals surface area contributed by atoms with E-state index in [0.29, 0.717) is 0 Å². The van der Waals surface area contributed by atoms with Crippen LogP contribution >= 0.6 is 22.9 Å². The van der Waals surface area contributed by atoms with Crippen molar-refractivity contribution < 1.29 is 4.79 Å². The molecule has 0 radical (unpaired) electrons. The quantitative estimate of drug-likeness (QED) is 0.688. The van der Waals surface area contributed by atoms with Gasteiger partial charge in [-0.15, -0.1) is 11.3 Å². The monoisotopic (exact) mass is 372 g/mol. The number of anilines is 1. The smallest absolute Gasteiger partial charge is 0.219 e. The molecule has 5 nitrogen and oxygen atoms in total. The lowest BCUT2D eigenvalue weighted by Crippen LogP contribution is -2.48. The standard InChI is InChI=1S/C18H17ClN4OS/c1-12(24)22-6-8-23(9-7-22)17-16-15(10-25-18(16)21-11-20-17)13-2-4-14(19)5-3-13/h2-5,10-11H,6-9H2,1H3. The third-order valence-corrected chi connectivity index (χ3v) is 5.67. The highest BCUT2D eigenvalue weighted by Crippen LogP contribution is 2.38. The van der Waals surface area contributed by atoms with E-state index in [0.717, 1.165) is 58.4 Å². The molecule has 7 heteroatoms. The Morgan fingerprint density at radius 2 is 1.84 bits per heavy atom. The highest BCUT2D eigenvalue weighted by atomic mass is 35.5. The van der Waals surface area contributed by atoms with Crippen LogP contribution < -0.4 is 4.90 Å². The molecule has 1 aliphatic heterocycles. The van der Waals surface area contributed by atoms with Gasteiger partial charge >= 0.3 is 0 Å². The van der Waals surface area contributed by atoms with Crippen LogP contribution in [0.1, 0.15) is 6.92 Å². The predicted molar refractivity (Wildman–Crippen MR) is 102 cm³/mol. The van der Waals surface area contributed by atoms with Crippen LogP contribution in [-0.2, 0) is 4.79 Å². The summed E-state index contributed by atoms with van der Waals surface area (Å²) in [4.78, 5) is 25.7. The molecule has 128 valence electrons. The van der Waals surface area contributed by atoms with E-state index >= 15 is 0 Å². The fraction of sp³-hybridized carbons (Fsp3) is 0.278. The first kappa shape index (κ1) is 16.3. The van der Waals surface area contributed by atoms with Crippen LogP contribution in [0.2, 0.25) is 5.02 Å². The molecule has 1 amide bonds. The van der Waals surface area contributed by atoms with E-state index in [1.807, 2.05) is 29.2 Å². The number of aromatic nitrogens is 2. The number of halogens is 1. The number of nitrogens with zero attached hydrogens (tertiary/aromatic N) is 4. The Kier molecular flexibility index (Phi) is 4.31. The van der Waals surface area contributed by atoms with Crippen molar-refractivity contribution in [3.8, 4) is 11.1 Å². The van der Waals surface area contributed by atoms with Crippen LogP contribution in [-0.4, -0.2) is 47.0 Å². The lowest BCUT2D eigenvalue weighted by Gasteiger charge is -2.35. The summed E-state index contributed by atoms with van der Waals surface area (Å²) in [5.41, 5.74) is 2.23. The highest BCUT2D eigenvalue weighted by Gasteiger charge is 2.23. The van der Waals surface area contributed by atoms with Gasteiger partial charge in [0.1, 0.15) is 17.0 Å². The van der Waals surface area contributed by atoms with E-state index in [1.54, 1.807) is 24.6 Å². The predicted octanol–water partition coefficient (Wildman–Crippen LogP) is 3.68. The van der Waals surface area contributed by atoms with Crippen molar-refractivity contribution in [2.45, 2.75) is 6.92 Å². The molecule has 1 aromatic carbocycles. The number of rotatable bonds is 2. The molecule has 0 spiro atoms. The largest absolute Gasteiger partial charge is 0.352 e. The van der Waals surface area contributed by atoms with Crippen LogP contribution in [0.15, 0.2) is 36.0 Å². The molecule has 0 N–H and O–H groups in total. The number of piperazine rings is 1. The first-order valence-corrected chi connectivity index (χ1v) is 9.38. The Balaban J connectivity index is 1.74. The second kappa shape index (κ2) is 6.61. The Morgan fingerprint density at radius 1 is 1.12 bits per heavy atom. The zero-order valence-electron chi connectivity index (χ0n) is 13.8. The van der Waals surface area contributed by atoms with Gasteiger partial charge in [-0.3, -0.25) is 4.79 Å². The first-order valence-electron chi connectivity index (χ1n) is 8.12. The molecule has 1 aliphatic rings. The first-order chi connectivity index (χ1) is 12.1. The maximum absolute atomic E-state index is 11.6. The Labute approximate surface area is 154 Å². The van der Waals surface area contributed by atoms with E-state index < -0.39 is 0 Å². The van der Waals surface area contributed by atoms with Crippen molar-refractivity contribution in [3.05, 3.63) is 41.0 Å². The van der Waals surface area contributed by atoms with Crippen LogP contribution in [0.3, 0.4) is 0 Å². The van der Waals surface area contributed by atoms with E-state index in [-0.39, 0.29) is 5.91 Å². The van der Waals surface area contributed by atoms with E-state index in [4.69, 9.17) is 11.6 Å². The summed E-state index contributed by atoms with van der Waals surface area (Å²) in [5.74, 6) is 1.07. The summed E-state index contributed by atoms with van der Waals surface area (Å²) >= 11 is 7.64. The summed E-state index contributed by atoms with van der Waals surface area (Å²) in [6.07, 6.45) is 1.62. The summed E-state index contributed by atoms with van der Waals surface area (Å²) in [6, 6.07) is 7.84. The molecule has 1 fully saturated rings. The van der Waals surface area contributed by atoms with Crippen LogP contribution in [0, 0.1) is 0 Å². The molecule has 4 rings (SSSR count). The van der Waals surface area contributed by atoms with Crippen LogP contribution in [0.5, 0.6) is 0 Å². The van der Waals surface area contributed by atoms with Crippen LogP contribution in [0.4, 0.5) is 5.82 Å². The maximum Gasteiger partial charge on any atom is 0.219 e. The van der Waals surface area contributed by atoms with Gasteiger partial charge in [-0.1, -0.05) is 23.7 Å². The zero-order chi connectivity index (χ0) is 17.4. The van der Waals surface area contributed by atoms with Crippen molar-refractivity contribution >= 4 is 44.9 Å². The number of carbonyl (C=O) groups excluding carboxylic acids is 1. The minimum absolute atomic E-state index is 0.130. The second-order valence-corrected chi connectivity index (χ2v) is 7.32. The van der Waals surface area contributed by atoms with Gasteiger partial charge < -0.3 is 9.80 Å². The van der Waals surface area contributed by atoms with Gasteiger partial charge in [-0.05, 0) is 17.7 Å². The fourth-order valence-electron chi connectivity index (χ4n) is 3.17. The number of hydrogen-bond acceptors (Lipinski definition) is 5. The van der Waals surface area contributed by atoms with Gasteiger partial charge in [0.05, 0.1) is 5.39 Å².